The maximum Gasteiger partial charge on any atom is 0.409 e. The van der Waals surface area contributed by atoms with Crippen LogP contribution in [0.2, 0.25) is 5.02 Å². The van der Waals surface area contributed by atoms with Crippen molar-refractivity contribution in [1.82, 2.24) is 15.5 Å². The van der Waals surface area contributed by atoms with Gasteiger partial charge in [-0.3, -0.25) is 4.99 Å². The molecule has 8 heteroatoms. The van der Waals surface area contributed by atoms with Gasteiger partial charge in [0, 0.05) is 43.2 Å². The van der Waals surface area contributed by atoms with Crippen molar-refractivity contribution in [3.63, 3.8) is 0 Å². The van der Waals surface area contributed by atoms with E-state index in [1.54, 1.807) is 11.9 Å². The summed E-state index contributed by atoms with van der Waals surface area (Å²) in [5, 5.41) is 7.76. The summed E-state index contributed by atoms with van der Waals surface area (Å²) in [4.78, 5) is 17.9. The zero-order valence-electron chi connectivity index (χ0n) is 16.5. The lowest BCUT2D eigenvalue weighted by molar-refractivity contribution is 0.0963. The lowest BCUT2D eigenvalue weighted by Crippen LogP contribution is -2.50. The largest absolute Gasteiger partial charge is 0.450 e. The molecule has 1 aliphatic carbocycles. The van der Waals surface area contributed by atoms with Crippen LogP contribution in [-0.2, 0) is 10.2 Å². The van der Waals surface area contributed by atoms with Gasteiger partial charge in [-0.2, -0.15) is 0 Å². The summed E-state index contributed by atoms with van der Waals surface area (Å²) < 4.78 is 5.07. The number of nitrogens with zero attached hydrogens (tertiary/aromatic N) is 2. The Morgan fingerprint density at radius 2 is 2.07 bits per heavy atom. The second kappa shape index (κ2) is 10.5. The molecule has 1 heterocycles. The Hall–Kier alpha value is -1.22. The highest BCUT2D eigenvalue weighted by atomic mass is 127. The van der Waals surface area contributed by atoms with Crippen LogP contribution in [0.1, 0.15) is 38.2 Å². The molecule has 2 aliphatic rings. The lowest BCUT2D eigenvalue weighted by atomic mass is 9.96. The molecule has 3 rings (SSSR count). The number of carbonyl (C=O) groups excluding carboxylic acids is 1. The smallest absolute Gasteiger partial charge is 0.409 e. The van der Waals surface area contributed by atoms with Crippen LogP contribution in [0.4, 0.5) is 4.79 Å². The first-order chi connectivity index (χ1) is 13.1. The van der Waals surface area contributed by atoms with E-state index in [0.717, 1.165) is 43.2 Å². The van der Waals surface area contributed by atoms with Crippen LogP contribution in [-0.4, -0.2) is 56.3 Å². The number of guanidine groups is 1. The first-order valence-electron chi connectivity index (χ1n) is 9.71. The van der Waals surface area contributed by atoms with Crippen molar-refractivity contribution in [2.24, 2.45) is 4.99 Å². The van der Waals surface area contributed by atoms with Gasteiger partial charge in [0.25, 0.3) is 0 Å². The molecule has 28 heavy (non-hydrogen) atoms. The van der Waals surface area contributed by atoms with Crippen LogP contribution in [0.5, 0.6) is 0 Å². The normalized spacial score (nSPS) is 18.8. The third-order valence-electron chi connectivity index (χ3n) is 5.47. The molecular formula is C20H30ClIN4O2. The van der Waals surface area contributed by atoms with Crippen LogP contribution < -0.4 is 10.6 Å². The van der Waals surface area contributed by atoms with Crippen LogP contribution in [0.3, 0.4) is 0 Å². The van der Waals surface area contributed by atoms with Crippen molar-refractivity contribution in [2.75, 3.05) is 33.3 Å². The van der Waals surface area contributed by atoms with Gasteiger partial charge in [-0.15, -0.1) is 24.0 Å². The third kappa shape index (κ3) is 5.89. The molecule has 1 aromatic rings. The highest BCUT2D eigenvalue weighted by Gasteiger charge is 2.44. The van der Waals surface area contributed by atoms with Crippen molar-refractivity contribution in [2.45, 2.75) is 44.1 Å². The highest BCUT2D eigenvalue weighted by molar-refractivity contribution is 14.0. The van der Waals surface area contributed by atoms with Crippen molar-refractivity contribution in [3.05, 3.63) is 34.9 Å². The topological polar surface area (TPSA) is 66.0 Å². The summed E-state index contributed by atoms with van der Waals surface area (Å²) in [7, 11) is 1.79. The predicted octanol–water partition coefficient (Wildman–Crippen LogP) is 3.78. The number of hydrogen-bond acceptors (Lipinski definition) is 3. The molecule has 0 spiro atoms. The molecular weight excluding hydrogens is 491 g/mol. The number of rotatable bonds is 5. The first kappa shape index (κ1) is 23.1. The van der Waals surface area contributed by atoms with Gasteiger partial charge in [-0.05, 0) is 50.3 Å². The number of halogens is 2. The first-order valence-corrected chi connectivity index (χ1v) is 10.1. The van der Waals surface area contributed by atoms with Crippen LogP contribution >= 0.6 is 35.6 Å². The number of aliphatic imine (C=N–C) groups is 1. The minimum atomic E-state index is -0.212. The average molecular weight is 521 g/mol. The van der Waals surface area contributed by atoms with Gasteiger partial charge >= 0.3 is 6.09 Å². The van der Waals surface area contributed by atoms with E-state index in [9.17, 15) is 4.79 Å². The van der Waals surface area contributed by atoms with Gasteiger partial charge in [-0.1, -0.05) is 23.7 Å². The van der Waals surface area contributed by atoms with E-state index in [4.69, 9.17) is 16.3 Å². The fourth-order valence-corrected chi connectivity index (χ4v) is 3.79. The van der Waals surface area contributed by atoms with Gasteiger partial charge in [0.05, 0.1) is 6.61 Å². The van der Waals surface area contributed by atoms with Crippen molar-refractivity contribution < 1.29 is 9.53 Å². The number of amides is 1. The molecule has 1 aliphatic heterocycles. The molecule has 0 bridgehead atoms. The Balaban J connectivity index is 0.00000280. The zero-order valence-corrected chi connectivity index (χ0v) is 19.6. The number of likely N-dealkylation sites (tertiary alicyclic amines) is 1. The summed E-state index contributed by atoms with van der Waals surface area (Å²) in [6.07, 6.45) is 3.89. The number of benzene rings is 1. The van der Waals surface area contributed by atoms with Gasteiger partial charge in [0.15, 0.2) is 5.96 Å². The fourth-order valence-electron chi connectivity index (χ4n) is 3.60. The van der Waals surface area contributed by atoms with Crippen molar-refractivity contribution >= 4 is 47.6 Å². The second-order valence-electron chi connectivity index (χ2n) is 7.32. The molecule has 1 saturated carbocycles. The van der Waals surface area contributed by atoms with E-state index >= 15 is 0 Å². The summed E-state index contributed by atoms with van der Waals surface area (Å²) in [5.74, 6) is 0.817. The number of hydrogen-bond donors (Lipinski definition) is 2. The van der Waals surface area contributed by atoms with E-state index in [0.29, 0.717) is 25.7 Å². The summed E-state index contributed by atoms with van der Waals surface area (Å²) in [6.45, 7) is 4.51. The Bertz CT molecular complexity index is 689. The number of nitrogens with one attached hydrogen (secondary N) is 2. The molecule has 1 amide bonds. The molecule has 0 radical (unpaired) electrons. The van der Waals surface area contributed by atoms with Gasteiger partial charge in [0.2, 0.25) is 0 Å². The monoisotopic (exact) mass is 520 g/mol. The highest BCUT2D eigenvalue weighted by Crippen LogP contribution is 2.48. The van der Waals surface area contributed by atoms with E-state index in [2.05, 4.69) is 27.8 Å². The molecule has 1 saturated heterocycles. The Kier molecular flexibility index (Phi) is 8.67. The molecule has 156 valence electrons. The molecule has 2 N–H and O–H groups in total. The van der Waals surface area contributed by atoms with Gasteiger partial charge in [0.1, 0.15) is 0 Å². The molecule has 0 unspecified atom stereocenters. The maximum atomic E-state index is 11.8. The SMILES string of the molecule is CCOC(=O)N1CCC(NC(=NC)NCC2(c3cccc(Cl)c3)CC2)CC1.I. The van der Waals surface area contributed by atoms with Crippen LogP contribution in [0.15, 0.2) is 29.3 Å². The fraction of sp³-hybridized carbons (Fsp3) is 0.600. The summed E-state index contributed by atoms with van der Waals surface area (Å²) in [6, 6.07) is 8.46. The predicted molar refractivity (Wildman–Crippen MR) is 124 cm³/mol. The zero-order chi connectivity index (χ0) is 19.3. The number of ether oxygens (including phenoxy) is 1. The Labute approximate surface area is 189 Å². The molecule has 0 atom stereocenters. The second-order valence-corrected chi connectivity index (χ2v) is 7.76. The summed E-state index contributed by atoms with van der Waals surface area (Å²) in [5.41, 5.74) is 1.45. The Morgan fingerprint density at radius 1 is 1.36 bits per heavy atom. The lowest BCUT2D eigenvalue weighted by Gasteiger charge is -2.32. The average Bonchev–Trinajstić information content (AvgIpc) is 3.47. The van der Waals surface area contributed by atoms with E-state index < -0.39 is 0 Å². The third-order valence-corrected chi connectivity index (χ3v) is 5.71. The quantitative estimate of drug-likeness (QED) is 0.352. The van der Waals surface area contributed by atoms with Crippen LogP contribution in [0.25, 0.3) is 0 Å². The Morgan fingerprint density at radius 3 is 2.64 bits per heavy atom. The minimum Gasteiger partial charge on any atom is -0.450 e. The van der Waals surface area contributed by atoms with Crippen molar-refractivity contribution in [3.8, 4) is 0 Å². The van der Waals surface area contributed by atoms with Crippen molar-refractivity contribution in [1.29, 1.82) is 0 Å². The summed E-state index contributed by atoms with van der Waals surface area (Å²) >= 11 is 6.16. The molecule has 0 aromatic heterocycles. The van der Waals surface area contributed by atoms with E-state index in [1.165, 1.54) is 5.56 Å². The maximum absolute atomic E-state index is 11.8. The van der Waals surface area contributed by atoms with Gasteiger partial charge in [-0.25, -0.2) is 4.79 Å². The number of carbonyl (C=O) groups is 1. The standard InChI is InChI=1S/C20H29ClN4O2.HI/c1-3-27-19(26)25-11-7-17(8-12-25)24-18(22-2)23-14-20(9-10-20)15-5-4-6-16(21)13-15;/h4-6,13,17H,3,7-12,14H2,1-2H3,(H2,22,23,24);1H. The minimum absolute atomic E-state index is 0. The van der Waals surface area contributed by atoms with E-state index in [1.807, 2.05) is 19.1 Å². The van der Waals surface area contributed by atoms with E-state index in [-0.39, 0.29) is 35.5 Å². The molecule has 1 aromatic carbocycles. The molecule has 2 fully saturated rings. The van der Waals surface area contributed by atoms with Gasteiger partial charge < -0.3 is 20.3 Å². The molecule has 6 nitrogen and oxygen atoms in total. The number of piperidine rings is 1. The van der Waals surface area contributed by atoms with Crippen LogP contribution in [0, 0.1) is 0 Å².